The lowest BCUT2D eigenvalue weighted by atomic mass is 10.1. The Morgan fingerprint density at radius 1 is 1.43 bits per heavy atom. The molecule has 1 amide bonds. The maximum atomic E-state index is 11.5. The topological polar surface area (TPSA) is 40.5 Å². The predicted molar refractivity (Wildman–Crippen MR) is 55.7 cm³/mol. The van der Waals surface area contributed by atoms with Crippen LogP contribution in [0.2, 0.25) is 0 Å². The molecule has 0 aromatic heterocycles. The van der Waals surface area contributed by atoms with E-state index in [2.05, 4.69) is 0 Å². The van der Waals surface area contributed by atoms with Crippen molar-refractivity contribution in [2.24, 2.45) is 5.92 Å². The number of hydrogen-bond acceptors (Lipinski definition) is 2. The lowest BCUT2D eigenvalue weighted by Gasteiger charge is -2.12. The molecule has 1 N–H and O–H groups in total. The number of aliphatic hydroxyl groups excluding tert-OH is 1. The summed E-state index contributed by atoms with van der Waals surface area (Å²) in [5, 5.41) is 9.46. The first-order chi connectivity index (χ1) is 6.65. The Labute approximate surface area is 84.7 Å². The molecule has 0 aromatic carbocycles. The summed E-state index contributed by atoms with van der Waals surface area (Å²) in [5.74, 6) is 0.167. The molecule has 0 aromatic rings. The standard InChI is InChI=1S/C11H17NO2/c1-3-4-5-6-11(14)12-7-9(2)10(13)8-12/h3-6,9-10,13H,7-8H2,1-2H3/b4-3+,6-5+. The summed E-state index contributed by atoms with van der Waals surface area (Å²) >= 11 is 0. The Kier molecular flexibility index (Phi) is 3.89. The monoisotopic (exact) mass is 195 g/mol. The number of carbonyl (C=O) groups is 1. The molecular formula is C11H17NO2. The van der Waals surface area contributed by atoms with E-state index in [4.69, 9.17) is 0 Å². The van der Waals surface area contributed by atoms with Gasteiger partial charge in [-0.3, -0.25) is 4.79 Å². The lowest BCUT2D eigenvalue weighted by Crippen LogP contribution is -2.27. The number of hydrogen-bond donors (Lipinski definition) is 1. The first kappa shape index (κ1) is 11.0. The lowest BCUT2D eigenvalue weighted by molar-refractivity contribution is -0.125. The molecule has 1 heterocycles. The zero-order chi connectivity index (χ0) is 10.6. The zero-order valence-electron chi connectivity index (χ0n) is 8.68. The van der Waals surface area contributed by atoms with Crippen molar-refractivity contribution in [3.8, 4) is 0 Å². The summed E-state index contributed by atoms with van der Waals surface area (Å²) < 4.78 is 0. The quantitative estimate of drug-likeness (QED) is 0.526. The van der Waals surface area contributed by atoms with E-state index < -0.39 is 0 Å². The van der Waals surface area contributed by atoms with E-state index >= 15 is 0 Å². The van der Waals surface area contributed by atoms with Crippen LogP contribution in [0.5, 0.6) is 0 Å². The number of aliphatic hydroxyl groups is 1. The fourth-order valence-electron chi connectivity index (χ4n) is 1.48. The Balaban J connectivity index is 2.47. The van der Waals surface area contributed by atoms with E-state index in [0.717, 1.165) is 0 Å². The van der Waals surface area contributed by atoms with Crippen molar-refractivity contribution in [3.63, 3.8) is 0 Å². The predicted octanol–water partition coefficient (Wildman–Crippen LogP) is 0.958. The van der Waals surface area contributed by atoms with Crippen LogP contribution in [0, 0.1) is 5.92 Å². The summed E-state index contributed by atoms with van der Waals surface area (Å²) in [5.41, 5.74) is 0. The summed E-state index contributed by atoms with van der Waals surface area (Å²) in [7, 11) is 0. The van der Waals surface area contributed by atoms with E-state index in [1.807, 2.05) is 26.0 Å². The van der Waals surface area contributed by atoms with Gasteiger partial charge >= 0.3 is 0 Å². The molecular weight excluding hydrogens is 178 g/mol. The molecule has 0 saturated carbocycles. The first-order valence-electron chi connectivity index (χ1n) is 4.91. The van der Waals surface area contributed by atoms with Crippen LogP contribution in [0.15, 0.2) is 24.3 Å². The van der Waals surface area contributed by atoms with Gasteiger partial charge in [-0.05, 0) is 6.92 Å². The molecule has 1 rings (SSSR count). The smallest absolute Gasteiger partial charge is 0.246 e. The van der Waals surface area contributed by atoms with E-state index in [-0.39, 0.29) is 17.9 Å². The van der Waals surface area contributed by atoms with Gasteiger partial charge in [0.05, 0.1) is 6.10 Å². The second-order valence-corrected chi connectivity index (χ2v) is 3.67. The molecule has 1 aliphatic rings. The summed E-state index contributed by atoms with van der Waals surface area (Å²) in [4.78, 5) is 13.2. The molecule has 14 heavy (non-hydrogen) atoms. The minimum Gasteiger partial charge on any atom is -0.391 e. The zero-order valence-corrected chi connectivity index (χ0v) is 8.68. The Morgan fingerprint density at radius 3 is 2.64 bits per heavy atom. The van der Waals surface area contributed by atoms with Gasteiger partial charge in [0.25, 0.3) is 0 Å². The van der Waals surface area contributed by atoms with Gasteiger partial charge in [-0.25, -0.2) is 0 Å². The molecule has 1 saturated heterocycles. The normalized spacial score (nSPS) is 28.1. The van der Waals surface area contributed by atoms with Gasteiger partial charge in [-0.2, -0.15) is 0 Å². The van der Waals surface area contributed by atoms with E-state index in [1.165, 1.54) is 6.08 Å². The summed E-state index contributed by atoms with van der Waals surface area (Å²) in [6.45, 7) is 4.96. The molecule has 3 heteroatoms. The van der Waals surface area contributed by atoms with Crippen LogP contribution in [-0.2, 0) is 4.79 Å². The molecule has 78 valence electrons. The number of likely N-dealkylation sites (tertiary alicyclic amines) is 1. The van der Waals surface area contributed by atoms with E-state index in [1.54, 1.807) is 11.0 Å². The Morgan fingerprint density at radius 2 is 2.14 bits per heavy atom. The first-order valence-corrected chi connectivity index (χ1v) is 4.91. The van der Waals surface area contributed by atoms with Gasteiger partial charge < -0.3 is 10.0 Å². The van der Waals surface area contributed by atoms with Crippen LogP contribution in [0.25, 0.3) is 0 Å². The maximum absolute atomic E-state index is 11.5. The second-order valence-electron chi connectivity index (χ2n) is 3.67. The summed E-state index contributed by atoms with van der Waals surface area (Å²) in [6.07, 6.45) is 6.57. The molecule has 0 radical (unpaired) electrons. The number of allylic oxidation sites excluding steroid dienone is 3. The Bertz CT molecular complexity index is 248. The fourth-order valence-corrected chi connectivity index (χ4v) is 1.48. The van der Waals surface area contributed by atoms with Crippen LogP contribution < -0.4 is 0 Å². The minimum atomic E-state index is -0.367. The van der Waals surface area contributed by atoms with Crippen LogP contribution in [0.4, 0.5) is 0 Å². The number of rotatable bonds is 2. The molecule has 0 spiro atoms. The fraction of sp³-hybridized carbons (Fsp3) is 0.545. The van der Waals surface area contributed by atoms with Crippen LogP contribution in [-0.4, -0.2) is 35.1 Å². The highest BCUT2D eigenvalue weighted by molar-refractivity contribution is 5.88. The van der Waals surface area contributed by atoms with Crippen molar-refractivity contribution in [2.45, 2.75) is 20.0 Å². The molecule has 1 aliphatic heterocycles. The highest BCUT2D eigenvalue weighted by Gasteiger charge is 2.29. The number of nitrogens with zero attached hydrogens (tertiary/aromatic N) is 1. The van der Waals surface area contributed by atoms with Crippen molar-refractivity contribution >= 4 is 5.91 Å². The molecule has 0 aliphatic carbocycles. The number of carbonyl (C=O) groups excluding carboxylic acids is 1. The van der Waals surface area contributed by atoms with Crippen LogP contribution in [0.1, 0.15) is 13.8 Å². The largest absolute Gasteiger partial charge is 0.391 e. The van der Waals surface area contributed by atoms with Crippen molar-refractivity contribution < 1.29 is 9.90 Å². The van der Waals surface area contributed by atoms with Gasteiger partial charge in [0, 0.05) is 25.1 Å². The van der Waals surface area contributed by atoms with Gasteiger partial charge in [0.15, 0.2) is 0 Å². The molecule has 0 bridgehead atoms. The third-order valence-corrected chi connectivity index (χ3v) is 2.43. The highest BCUT2D eigenvalue weighted by Crippen LogP contribution is 2.16. The van der Waals surface area contributed by atoms with Gasteiger partial charge in [0.1, 0.15) is 0 Å². The van der Waals surface area contributed by atoms with Gasteiger partial charge in [-0.15, -0.1) is 0 Å². The molecule has 1 fully saturated rings. The van der Waals surface area contributed by atoms with Crippen molar-refractivity contribution in [1.82, 2.24) is 4.90 Å². The van der Waals surface area contributed by atoms with Crippen LogP contribution >= 0.6 is 0 Å². The summed E-state index contributed by atoms with van der Waals surface area (Å²) in [6, 6.07) is 0. The van der Waals surface area contributed by atoms with Gasteiger partial charge in [0.2, 0.25) is 5.91 Å². The molecule has 2 unspecified atom stereocenters. The average Bonchev–Trinajstić information content (AvgIpc) is 2.47. The number of amides is 1. The van der Waals surface area contributed by atoms with E-state index in [9.17, 15) is 9.90 Å². The third-order valence-electron chi connectivity index (χ3n) is 2.43. The van der Waals surface area contributed by atoms with Gasteiger partial charge in [-0.1, -0.05) is 25.2 Å². The maximum Gasteiger partial charge on any atom is 0.246 e. The van der Waals surface area contributed by atoms with Crippen molar-refractivity contribution in [2.75, 3.05) is 13.1 Å². The van der Waals surface area contributed by atoms with Crippen molar-refractivity contribution in [3.05, 3.63) is 24.3 Å². The minimum absolute atomic E-state index is 0.0218. The third kappa shape index (κ3) is 2.70. The SMILES string of the molecule is C/C=C/C=C/C(=O)N1CC(C)C(O)C1. The van der Waals surface area contributed by atoms with Crippen molar-refractivity contribution in [1.29, 1.82) is 0 Å². The highest BCUT2D eigenvalue weighted by atomic mass is 16.3. The van der Waals surface area contributed by atoms with E-state index in [0.29, 0.717) is 13.1 Å². The molecule has 2 atom stereocenters. The average molecular weight is 195 g/mol. The molecule has 3 nitrogen and oxygen atoms in total. The Hall–Kier alpha value is -1.09. The second kappa shape index (κ2) is 4.96. The van der Waals surface area contributed by atoms with Crippen LogP contribution in [0.3, 0.4) is 0 Å². The number of β-amino-alcohol motifs (C(OH)–C–C–N with tert-alkyl or cyclic N) is 1.